The van der Waals surface area contributed by atoms with Crippen molar-refractivity contribution in [1.82, 2.24) is 15.5 Å². The van der Waals surface area contributed by atoms with E-state index in [-0.39, 0.29) is 36.1 Å². The van der Waals surface area contributed by atoms with Gasteiger partial charge in [0.25, 0.3) is 5.97 Å². The van der Waals surface area contributed by atoms with Gasteiger partial charge in [-0.2, -0.15) is 0 Å². The average Bonchev–Trinajstić information content (AvgIpc) is 2.92. The lowest BCUT2D eigenvalue weighted by Gasteiger charge is -2.28. The highest BCUT2D eigenvalue weighted by Crippen LogP contribution is 2.21. The summed E-state index contributed by atoms with van der Waals surface area (Å²) in [7, 11) is -0.721. The van der Waals surface area contributed by atoms with Gasteiger partial charge < -0.3 is 14.6 Å². The lowest BCUT2D eigenvalue weighted by Crippen LogP contribution is -2.53. The number of hydrogen-bond acceptors (Lipinski definition) is 8. The Bertz CT molecular complexity index is 554. The molecule has 0 spiro atoms. The number of hydrogen-bond donors (Lipinski definition) is 1. The van der Waals surface area contributed by atoms with Crippen molar-refractivity contribution >= 4 is 42.1 Å². The van der Waals surface area contributed by atoms with Crippen molar-refractivity contribution in [2.75, 3.05) is 5.75 Å². The minimum Gasteiger partial charge on any atom is -0.508 e. The van der Waals surface area contributed by atoms with E-state index in [1.807, 2.05) is 12.2 Å². The summed E-state index contributed by atoms with van der Waals surface area (Å²) in [6.07, 6.45) is 4.30. The third kappa shape index (κ3) is 3.83. The van der Waals surface area contributed by atoms with Crippen LogP contribution >= 0.6 is 23.1 Å². The van der Waals surface area contributed by atoms with E-state index in [9.17, 15) is 9.59 Å². The van der Waals surface area contributed by atoms with E-state index >= 15 is 0 Å². The maximum Gasteiger partial charge on any atom is 0.552 e. The van der Waals surface area contributed by atoms with Crippen molar-refractivity contribution in [2.45, 2.75) is 29.2 Å². The summed E-state index contributed by atoms with van der Waals surface area (Å²) < 4.78 is 11.5. The van der Waals surface area contributed by atoms with Gasteiger partial charge in [-0.3, -0.25) is 9.59 Å². The number of nitrogens with one attached hydrogen (secondary N) is 1. The number of thioether (sulfide) groups is 1. The van der Waals surface area contributed by atoms with Crippen LogP contribution in [0.1, 0.15) is 12.8 Å². The van der Waals surface area contributed by atoms with Crippen LogP contribution in [-0.2, 0) is 18.9 Å². The van der Waals surface area contributed by atoms with Crippen LogP contribution in [0.3, 0.4) is 0 Å². The van der Waals surface area contributed by atoms with Crippen LogP contribution in [-0.4, -0.2) is 47.0 Å². The Balaban J connectivity index is 1.54. The van der Waals surface area contributed by atoms with Crippen LogP contribution in [0.15, 0.2) is 22.0 Å². The Morgan fingerprint density at radius 3 is 3.33 bits per heavy atom. The molecule has 2 aliphatic heterocycles. The molecule has 1 fully saturated rings. The zero-order valence-electron chi connectivity index (χ0n) is 10.9. The Labute approximate surface area is 129 Å². The first-order chi connectivity index (χ1) is 10.2. The molecule has 110 valence electrons. The third-order valence-corrected chi connectivity index (χ3v) is 4.87. The van der Waals surface area contributed by atoms with Gasteiger partial charge in [0.15, 0.2) is 4.34 Å². The van der Waals surface area contributed by atoms with Gasteiger partial charge in [0.2, 0.25) is 5.91 Å². The molecule has 21 heavy (non-hydrogen) atoms. The quantitative estimate of drug-likeness (QED) is 0.488. The molecule has 3 rings (SSSR count). The molecular weight excluding hydrogens is 313 g/mol. The van der Waals surface area contributed by atoms with E-state index < -0.39 is 7.12 Å². The van der Waals surface area contributed by atoms with Crippen LogP contribution in [0.25, 0.3) is 0 Å². The molecule has 10 heteroatoms. The van der Waals surface area contributed by atoms with Crippen LogP contribution < -0.4 is 5.32 Å². The predicted octanol–water partition coefficient (Wildman–Crippen LogP) is 0.434. The number of rotatable bonds is 4. The van der Waals surface area contributed by atoms with Crippen molar-refractivity contribution in [3.05, 3.63) is 17.7 Å². The Morgan fingerprint density at radius 2 is 2.52 bits per heavy atom. The van der Waals surface area contributed by atoms with E-state index in [1.165, 1.54) is 23.1 Å². The van der Waals surface area contributed by atoms with Crippen LogP contribution in [0, 0.1) is 0 Å². The second-order valence-corrected chi connectivity index (χ2v) is 6.62. The molecule has 0 unspecified atom stereocenters. The molecule has 1 N–H and O–H groups in total. The molecule has 1 saturated heterocycles. The van der Waals surface area contributed by atoms with Crippen molar-refractivity contribution in [3.63, 3.8) is 0 Å². The van der Waals surface area contributed by atoms with Crippen molar-refractivity contribution in [3.8, 4) is 0 Å². The number of carbonyl (C=O) groups excluding carboxylic acids is 2. The minimum absolute atomic E-state index is 0.155. The lowest BCUT2D eigenvalue weighted by atomic mass is 9.75. The molecule has 0 saturated carbocycles. The second kappa shape index (κ2) is 6.59. The first-order valence-corrected chi connectivity index (χ1v) is 8.27. The van der Waals surface area contributed by atoms with Gasteiger partial charge in [0.1, 0.15) is 5.51 Å². The first kappa shape index (κ1) is 14.5. The van der Waals surface area contributed by atoms with Gasteiger partial charge in [-0.1, -0.05) is 35.3 Å². The molecule has 7 nitrogen and oxygen atoms in total. The molecule has 2 atom stereocenters. The van der Waals surface area contributed by atoms with Crippen LogP contribution in [0.4, 0.5) is 0 Å². The van der Waals surface area contributed by atoms with Crippen molar-refractivity contribution in [2.24, 2.45) is 0 Å². The molecule has 1 amide bonds. The number of fused-ring (bicyclic) bond motifs is 2. The molecule has 0 aliphatic carbocycles. The number of carbonyl (C=O) groups is 2. The van der Waals surface area contributed by atoms with Gasteiger partial charge in [-0.15, -0.1) is 10.2 Å². The summed E-state index contributed by atoms with van der Waals surface area (Å²) in [6, 6.07) is 0. The summed E-state index contributed by atoms with van der Waals surface area (Å²) >= 11 is 2.70. The highest BCUT2D eigenvalue weighted by Gasteiger charge is 2.41. The van der Waals surface area contributed by atoms with Gasteiger partial charge in [0.05, 0.1) is 24.2 Å². The zero-order chi connectivity index (χ0) is 14.7. The topological polar surface area (TPSA) is 90.4 Å². The fourth-order valence-corrected chi connectivity index (χ4v) is 3.40. The summed E-state index contributed by atoms with van der Waals surface area (Å²) in [5, 5.41) is 10.4. The van der Waals surface area contributed by atoms with Gasteiger partial charge in [-0.25, -0.2) is 0 Å². The molecule has 3 heterocycles. The summed E-state index contributed by atoms with van der Waals surface area (Å²) in [5.41, 5.74) is 1.62. The van der Waals surface area contributed by atoms with Crippen LogP contribution in [0.2, 0.25) is 0 Å². The minimum atomic E-state index is -0.721. The maximum absolute atomic E-state index is 12.0. The molecular formula is C11H12BN3O4S2. The highest BCUT2D eigenvalue weighted by molar-refractivity contribution is 8.01. The number of nitrogens with zero attached hydrogens (tertiary/aromatic N) is 2. The normalized spacial score (nSPS) is 24.4. The molecule has 2 bridgehead atoms. The van der Waals surface area contributed by atoms with E-state index in [0.29, 0.717) is 6.42 Å². The van der Waals surface area contributed by atoms with Gasteiger partial charge in [-0.05, 0) is 6.42 Å². The van der Waals surface area contributed by atoms with Gasteiger partial charge >= 0.3 is 7.12 Å². The predicted molar refractivity (Wildman–Crippen MR) is 77.7 cm³/mol. The summed E-state index contributed by atoms with van der Waals surface area (Å²) in [5.74, 6) is -0.583. The molecule has 2 aliphatic rings. The average molecular weight is 325 g/mol. The summed E-state index contributed by atoms with van der Waals surface area (Å²) in [4.78, 5) is 23.4. The summed E-state index contributed by atoms with van der Waals surface area (Å²) in [6.45, 7) is 0. The Kier molecular flexibility index (Phi) is 4.56. The highest BCUT2D eigenvalue weighted by atomic mass is 32.2. The number of aromatic nitrogens is 2. The van der Waals surface area contributed by atoms with E-state index in [1.54, 1.807) is 5.51 Å². The fourth-order valence-electron chi connectivity index (χ4n) is 2.10. The lowest BCUT2D eigenvalue weighted by molar-refractivity contribution is -0.141. The van der Waals surface area contributed by atoms with Crippen molar-refractivity contribution in [1.29, 1.82) is 0 Å². The first-order valence-electron chi connectivity index (χ1n) is 6.40. The molecule has 0 aromatic carbocycles. The Hall–Kier alpha value is -1.39. The molecule has 1 aromatic rings. The standard InChI is InChI=1S/C11H12BN3O4S2/c16-9(5-20-11-15-13-6-21-11)14-8-3-1-2-7-4-10(17)19-12(8)18-7/h1-2,6-8H,3-5H2,(H,14,16)/t7-,8+/m1/s1. The smallest absolute Gasteiger partial charge is 0.508 e. The maximum atomic E-state index is 12.0. The largest absolute Gasteiger partial charge is 0.552 e. The zero-order valence-corrected chi connectivity index (χ0v) is 12.6. The van der Waals surface area contributed by atoms with Gasteiger partial charge in [0, 0.05) is 0 Å². The Morgan fingerprint density at radius 1 is 1.62 bits per heavy atom. The van der Waals surface area contributed by atoms with Crippen LogP contribution in [0.5, 0.6) is 0 Å². The molecule has 1 aromatic heterocycles. The fraction of sp³-hybridized carbons (Fsp3) is 0.455. The second-order valence-electron chi connectivity index (χ2n) is 4.57. The number of amides is 1. The van der Waals surface area contributed by atoms with E-state index in [0.717, 1.165) is 4.34 Å². The third-order valence-electron chi connectivity index (χ3n) is 3.01. The monoisotopic (exact) mass is 325 g/mol. The molecule has 0 radical (unpaired) electrons. The van der Waals surface area contributed by atoms with Crippen molar-refractivity contribution < 1.29 is 18.9 Å². The van der Waals surface area contributed by atoms with E-state index in [4.69, 9.17) is 9.31 Å². The van der Waals surface area contributed by atoms with E-state index in [2.05, 4.69) is 15.5 Å². The SMILES string of the molecule is O=C(CSc1nncs1)N[C@H]1CC=C[C@@H]2CC(=O)OB1O2.